The number of thioether (sulfide) groups is 1. The summed E-state index contributed by atoms with van der Waals surface area (Å²) in [6, 6.07) is 8.00. The molecule has 1 aromatic carbocycles. The molecule has 1 aromatic rings. The van der Waals surface area contributed by atoms with Crippen molar-refractivity contribution in [2.75, 3.05) is 25.5 Å². The van der Waals surface area contributed by atoms with Crippen LogP contribution in [0.1, 0.15) is 39.2 Å². The van der Waals surface area contributed by atoms with Crippen molar-refractivity contribution < 1.29 is 4.74 Å². The molecule has 0 aromatic heterocycles. The van der Waals surface area contributed by atoms with E-state index in [0.29, 0.717) is 0 Å². The van der Waals surface area contributed by atoms with Gasteiger partial charge < -0.3 is 10.1 Å². The van der Waals surface area contributed by atoms with Gasteiger partial charge in [0, 0.05) is 31.9 Å². The predicted octanol–water partition coefficient (Wildman–Crippen LogP) is 3.92. The van der Waals surface area contributed by atoms with E-state index in [9.17, 15) is 5.21 Å². The highest BCUT2D eigenvalue weighted by Gasteiger charge is 2.50. The van der Waals surface area contributed by atoms with E-state index in [1.807, 2.05) is 43.3 Å². The van der Waals surface area contributed by atoms with Crippen molar-refractivity contribution in [3.8, 4) is 0 Å². The first kappa shape index (κ1) is 19.1. The standard InChI is InChI=1S/C18H27N3OS2/c1-6-7-12-20-16(18(2,3)24-17(20)23)21(22)13-14-8-10-15(11-9-14)19(4)5/h8-11,13,16H,6-7,12H2,1-5H3/t16-/m1/s1. The first-order chi connectivity index (χ1) is 11.3. The molecule has 1 saturated heterocycles. The molecule has 1 fully saturated rings. The van der Waals surface area contributed by atoms with Crippen molar-refractivity contribution in [1.82, 2.24) is 4.90 Å². The second-order valence-corrected chi connectivity index (χ2v) is 9.16. The minimum absolute atomic E-state index is 0.230. The molecule has 1 heterocycles. The summed E-state index contributed by atoms with van der Waals surface area (Å²) < 4.78 is 1.68. The Balaban J connectivity index is 2.26. The van der Waals surface area contributed by atoms with Crippen LogP contribution in [0.3, 0.4) is 0 Å². The average Bonchev–Trinajstić information content (AvgIpc) is 2.74. The van der Waals surface area contributed by atoms with E-state index in [0.717, 1.165) is 39.7 Å². The summed E-state index contributed by atoms with van der Waals surface area (Å²) in [5, 5.41) is 12.9. The molecule has 0 radical (unpaired) electrons. The molecule has 0 amide bonds. The van der Waals surface area contributed by atoms with E-state index in [4.69, 9.17) is 12.2 Å². The van der Waals surface area contributed by atoms with Gasteiger partial charge in [-0.1, -0.05) is 37.3 Å². The Bertz CT molecular complexity index is 611. The van der Waals surface area contributed by atoms with Crippen molar-refractivity contribution >= 4 is 40.2 Å². The number of rotatable bonds is 6. The Morgan fingerprint density at radius 3 is 2.50 bits per heavy atom. The Morgan fingerprint density at radius 2 is 1.96 bits per heavy atom. The van der Waals surface area contributed by atoms with Crippen LogP contribution in [0.4, 0.5) is 5.69 Å². The molecule has 0 unspecified atom stereocenters. The summed E-state index contributed by atoms with van der Waals surface area (Å²) >= 11 is 7.14. The Kier molecular flexibility index (Phi) is 6.15. The number of thiocarbonyl (C=S) groups is 1. The van der Waals surface area contributed by atoms with Crippen LogP contribution in [0.5, 0.6) is 0 Å². The van der Waals surface area contributed by atoms with Crippen LogP contribution in [0.15, 0.2) is 24.3 Å². The maximum absolute atomic E-state index is 12.9. The molecule has 0 spiro atoms. The maximum Gasteiger partial charge on any atom is 0.254 e. The molecule has 1 aliphatic rings. The van der Waals surface area contributed by atoms with Crippen LogP contribution in [-0.4, -0.2) is 51.7 Å². The quantitative estimate of drug-likeness (QED) is 0.251. The topological polar surface area (TPSA) is 32.5 Å². The van der Waals surface area contributed by atoms with Gasteiger partial charge in [0.2, 0.25) is 0 Å². The van der Waals surface area contributed by atoms with Crippen molar-refractivity contribution in [3.05, 3.63) is 35.0 Å². The van der Waals surface area contributed by atoms with E-state index < -0.39 is 0 Å². The summed E-state index contributed by atoms with van der Waals surface area (Å²) in [5.74, 6) is 0. The SMILES string of the molecule is CCCCN1C(=S)SC(C)(C)[C@H]1[N+]([O-])=Cc1ccc(N(C)C)cc1. The zero-order valence-corrected chi connectivity index (χ0v) is 16.8. The molecular formula is C18H27N3OS2. The van der Waals surface area contributed by atoms with Gasteiger partial charge in [-0.15, -0.1) is 0 Å². The van der Waals surface area contributed by atoms with E-state index in [2.05, 4.69) is 25.7 Å². The monoisotopic (exact) mass is 365 g/mol. The molecule has 6 heteroatoms. The van der Waals surface area contributed by atoms with Gasteiger partial charge in [-0.25, -0.2) is 0 Å². The lowest BCUT2D eigenvalue weighted by molar-refractivity contribution is -0.523. The lowest BCUT2D eigenvalue weighted by Gasteiger charge is -2.29. The Labute approximate surface area is 155 Å². The fraction of sp³-hybridized carbons (Fsp3) is 0.556. The van der Waals surface area contributed by atoms with Crippen LogP contribution >= 0.6 is 24.0 Å². The first-order valence-electron chi connectivity index (χ1n) is 8.33. The van der Waals surface area contributed by atoms with Crippen LogP contribution in [0.25, 0.3) is 0 Å². The van der Waals surface area contributed by atoms with Crippen LogP contribution in [0, 0.1) is 5.21 Å². The molecular weight excluding hydrogens is 338 g/mol. The lowest BCUT2D eigenvalue weighted by Crippen LogP contribution is -2.48. The number of hydrogen-bond donors (Lipinski definition) is 0. The second-order valence-electron chi connectivity index (χ2n) is 6.87. The number of hydrogen-bond acceptors (Lipinski definition) is 4. The third-order valence-corrected chi connectivity index (χ3v) is 5.81. The van der Waals surface area contributed by atoms with Gasteiger partial charge in [0.05, 0.1) is 0 Å². The average molecular weight is 366 g/mol. The minimum atomic E-state index is -0.268. The second kappa shape index (κ2) is 7.74. The zero-order valence-electron chi connectivity index (χ0n) is 15.2. The number of unbranched alkanes of at least 4 members (excludes halogenated alkanes) is 1. The molecule has 2 rings (SSSR count). The highest BCUT2D eigenvalue weighted by atomic mass is 32.2. The van der Waals surface area contributed by atoms with Gasteiger partial charge in [-0.3, -0.25) is 4.90 Å². The number of hydroxylamine groups is 1. The molecule has 0 saturated carbocycles. The summed E-state index contributed by atoms with van der Waals surface area (Å²) in [4.78, 5) is 4.13. The van der Waals surface area contributed by atoms with Gasteiger partial charge in [-0.05, 0) is 44.5 Å². The lowest BCUT2D eigenvalue weighted by atomic mass is 10.1. The molecule has 0 N–H and O–H groups in total. The molecule has 0 bridgehead atoms. The molecule has 0 aliphatic carbocycles. The van der Waals surface area contributed by atoms with Crippen molar-refractivity contribution in [2.45, 2.75) is 44.5 Å². The smallest absolute Gasteiger partial charge is 0.254 e. The van der Waals surface area contributed by atoms with Gasteiger partial charge >= 0.3 is 0 Å². The Morgan fingerprint density at radius 1 is 1.33 bits per heavy atom. The predicted molar refractivity (Wildman–Crippen MR) is 109 cm³/mol. The number of anilines is 1. The summed E-state index contributed by atoms with van der Waals surface area (Å²) in [7, 11) is 4.01. The van der Waals surface area contributed by atoms with E-state index >= 15 is 0 Å². The molecule has 24 heavy (non-hydrogen) atoms. The number of nitrogens with zero attached hydrogens (tertiary/aromatic N) is 3. The number of benzene rings is 1. The van der Waals surface area contributed by atoms with Gasteiger partial charge in [0.25, 0.3) is 6.17 Å². The minimum Gasteiger partial charge on any atom is -0.622 e. The molecule has 1 atom stereocenters. The third kappa shape index (κ3) is 4.22. The maximum atomic E-state index is 12.9. The first-order valence-corrected chi connectivity index (χ1v) is 9.56. The van der Waals surface area contributed by atoms with Crippen molar-refractivity contribution in [1.29, 1.82) is 0 Å². The fourth-order valence-electron chi connectivity index (χ4n) is 2.87. The van der Waals surface area contributed by atoms with Gasteiger partial charge in [-0.2, -0.15) is 4.74 Å². The van der Waals surface area contributed by atoms with Crippen molar-refractivity contribution in [3.63, 3.8) is 0 Å². The van der Waals surface area contributed by atoms with Crippen LogP contribution < -0.4 is 4.90 Å². The van der Waals surface area contributed by atoms with Crippen molar-refractivity contribution in [2.24, 2.45) is 0 Å². The fourth-order valence-corrected chi connectivity index (χ4v) is 4.80. The summed E-state index contributed by atoms with van der Waals surface area (Å²) in [6.07, 6.45) is 3.54. The normalized spacial score (nSPS) is 20.5. The van der Waals surface area contributed by atoms with E-state index in [1.165, 1.54) is 0 Å². The van der Waals surface area contributed by atoms with Crippen LogP contribution in [-0.2, 0) is 0 Å². The zero-order chi connectivity index (χ0) is 17.9. The van der Waals surface area contributed by atoms with Gasteiger partial charge in [0.1, 0.15) is 9.07 Å². The van der Waals surface area contributed by atoms with Gasteiger partial charge in [0.15, 0.2) is 6.21 Å². The highest BCUT2D eigenvalue weighted by molar-refractivity contribution is 8.24. The largest absolute Gasteiger partial charge is 0.622 e. The van der Waals surface area contributed by atoms with Crippen LogP contribution in [0.2, 0.25) is 0 Å². The Hall–Kier alpha value is -1.27. The third-order valence-electron chi connectivity index (χ3n) is 4.18. The molecule has 132 valence electrons. The molecule has 4 nitrogen and oxygen atoms in total. The summed E-state index contributed by atoms with van der Waals surface area (Å²) in [5.41, 5.74) is 2.02. The van der Waals surface area contributed by atoms with E-state index in [1.54, 1.807) is 18.0 Å². The summed E-state index contributed by atoms with van der Waals surface area (Å²) in [6.45, 7) is 7.17. The van der Waals surface area contributed by atoms with E-state index in [-0.39, 0.29) is 10.9 Å². The highest BCUT2D eigenvalue weighted by Crippen LogP contribution is 2.41. The molecule has 1 aliphatic heterocycles.